The van der Waals surface area contributed by atoms with Gasteiger partial charge in [0.2, 0.25) is 0 Å². The van der Waals surface area contributed by atoms with Crippen molar-refractivity contribution in [2.75, 3.05) is 0 Å². The van der Waals surface area contributed by atoms with Crippen LogP contribution in [0.15, 0.2) is 60.8 Å². The molecule has 0 bridgehead atoms. The summed E-state index contributed by atoms with van der Waals surface area (Å²) in [7, 11) is 0. The Morgan fingerprint density at radius 1 is 1.08 bits per heavy atom. The number of amides is 1. The molecular weight excluding hydrogens is 298 g/mol. The van der Waals surface area contributed by atoms with E-state index in [1.807, 2.05) is 67.7 Å². The predicted molar refractivity (Wildman–Crippen MR) is 94.2 cm³/mol. The van der Waals surface area contributed by atoms with Crippen LogP contribution in [0.3, 0.4) is 0 Å². The molecule has 0 aliphatic heterocycles. The highest BCUT2D eigenvalue weighted by Gasteiger charge is 2.26. The highest BCUT2D eigenvalue weighted by Crippen LogP contribution is 2.26. The van der Waals surface area contributed by atoms with E-state index in [0.717, 1.165) is 29.8 Å². The van der Waals surface area contributed by atoms with Crippen LogP contribution >= 0.6 is 0 Å². The van der Waals surface area contributed by atoms with Crippen LogP contribution in [0.4, 0.5) is 0 Å². The molecule has 1 aromatic heterocycles. The summed E-state index contributed by atoms with van der Waals surface area (Å²) in [4.78, 5) is 12.6. The van der Waals surface area contributed by atoms with E-state index in [1.54, 1.807) is 4.68 Å². The van der Waals surface area contributed by atoms with E-state index in [0.29, 0.717) is 11.6 Å². The van der Waals surface area contributed by atoms with Crippen molar-refractivity contribution in [1.29, 1.82) is 0 Å². The number of nitrogens with one attached hydrogen (secondary N) is 1. The van der Waals surface area contributed by atoms with Crippen molar-refractivity contribution in [3.8, 4) is 16.9 Å². The molecule has 1 fully saturated rings. The molecule has 1 amide bonds. The van der Waals surface area contributed by atoms with E-state index in [4.69, 9.17) is 0 Å². The maximum absolute atomic E-state index is 12.6. The Labute approximate surface area is 141 Å². The van der Waals surface area contributed by atoms with Gasteiger partial charge in [0.15, 0.2) is 0 Å². The monoisotopic (exact) mass is 317 g/mol. The van der Waals surface area contributed by atoms with Crippen LogP contribution in [0.2, 0.25) is 0 Å². The lowest BCUT2D eigenvalue weighted by atomic mass is 10.1. The van der Waals surface area contributed by atoms with Gasteiger partial charge >= 0.3 is 0 Å². The standard InChI is InChI=1S/C20H19N3O/c1-14-7-9-15(10-8-14)19-18(20(24)21-16-11-12-16)13-23(22-19)17-5-3-2-4-6-17/h2-10,13,16H,11-12H2,1H3,(H,21,24). The van der Waals surface area contributed by atoms with E-state index in [2.05, 4.69) is 10.4 Å². The van der Waals surface area contributed by atoms with Crippen molar-refractivity contribution in [2.24, 2.45) is 0 Å². The first-order chi connectivity index (χ1) is 11.7. The zero-order valence-corrected chi connectivity index (χ0v) is 13.6. The SMILES string of the molecule is Cc1ccc(-c2nn(-c3ccccc3)cc2C(=O)NC2CC2)cc1. The summed E-state index contributed by atoms with van der Waals surface area (Å²) < 4.78 is 1.77. The van der Waals surface area contributed by atoms with Crippen molar-refractivity contribution < 1.29 is 4.79 Å². The van der Waals surface area contributed by atoms with Crippen LogP contribution in [0.5, 0.6) is 0 Å². The van der Waals surface area contributed by atoms with E-state index in [-0.39, 0.29) is 5.91 Å². The van der Waals surface area contributed by atoms with Crippen LogP contribution < -0.4 is 5.32 Å². The Balaban J connectivity index is 1.78. The summed E-state index contributed by atoms with van der Waals surface area (Å²) >= 11 is 0. The zero-order valence-electron chi connectivity index (χ0n) is 13.6. The van der Waals surface area contributed by atoms with Crippen LogP contribution in [-0.2, 0) is 0 Å². The van der Waals surface area contributed by atoms with Gasteiger partial charge in [-0.3, -0.25) is 4.79 Å². The van der Waals surface area contributed by atoms with E-state index in [1.165, 1.54) is 5.56 Å². The zero-order chi connectivity index (χ0) is 16.5. The lowest BCUT2D eigenvalue weighted by Gasteiger charge is -2.04. The molecule has 0 spiro atoms. The van der Waals surface area contributed by atoms with Crippen LogP contribution in [0, 0.1) is 6.92 Å². The van der Waals surface area contributed by atoms with Gasteiger partial charge in [-0.05, 0) is 31.9 Å². The first kappa shape index (κ1) is 14.7. The fourth-order valence-corrected chi connectivity index (χ4v) is 2.67. The Morgan fingerprint density at radius 3 is 2.46 bits per heavy atom. The third kappa shape index (κ3) is 2.95. The van der Waals surface area contributed by atoms with Crippen molar-refractivity contribution in [2.45, 2.75) is 25.8 Å². The molecule has 2 aromatic carbocycles. The quantitative estimate of drug-likeness (QED) is 0.797. The summed E-state index contributed by atoms with van der Waals surface area (Å²) in [6, 6.07) is 18.3. The first-order valence-corrected chi connectivity index (χ1v) is 8.24. The predicted octanol–water partition coefficient (Wildman–Crippen LogP) is 3.74. The third-order valence-electron chi connectivity index (χ3n) is 4.22. The molecule has 1 aliphatic rings. The van der Waals surface area contributed by atoms with Crippen LogP contribution in [0.1, 0.15) is 28.8 Å². The van der Waals surface area contributed by atoms with E-state index in [9.17, 15) is 4.79 Å². The van der Waals surface area contributed by atoms with Gasteiger partial charge in [-0.1, -0.05) is 48.0 Å². The average Bonchev–Trinajstić information content (AvgIpc) is 3.31. The topological polar surface area (TPSA) is 46.9 Å². The second-order valence-electron chi connectivity index (χ2n) is 6.29. The molecule has 0 saturated heterocycles. The minimum Gasteiger partial charge on any atom is -0.349 e. The Hall–Kier alpha value is -2.88. The van der Waals surface area contributed by atoms with Crippen LogP contribution in [-0.4, -0.2) is 21.7 Å². The van der Waals surface area contributed by atoms with Gasteiger partial charge in [-0.2, -0.15) is 5.10 Å². The third-order valence-corrected chi connectivity index (χ3v) is 4.22. The summed E-state index contributed by atoms with van der Waals surface area (Å²) in [5.74, 6) is -0.0461. The number of carbonyl (C=O) groups excluding carboxylic acids is 1. The minimum absolute atomic E-state index is 0.0461. The average molecular weight is 317 g/mol. The smallest absolute Gasteiger partial charge is 0.255 e. The number of hydrogen-bond acceptors (Lipinski definition) is 2. The number of aryl methyl sites for hydroxylation is 1. The van der Waals surface area contributed by atoms with E-state index >= 15 is 0 Å². The van der Waals surface area contributed by atoms with E-state index < -0.39 is 0 Å². The molecule has 4 rings (SSSR count). The number of hydrogen-bond donors (Lipinski definition) is 1. The fraction of sp³-hybridized carbons (Fsp3) is 0.200. The van der Waals surface area contributed by atoms with Gasteiger partial charge < -0.3 is 5.32 Å². The summed E-state index contributed by atoms with van der Waals surface area (Å²) in [6.07, 6.45) is 3.96. The molecule has 1 aliphatic carbocycles. The highest BCUT2D eigenvalue weighted by atomic mass is 16.1. The molecule has 1 N–H and O–H groups in total. The maximum Gasteiger partial charge on any atom is 0.255 e. The second kappa shape index (κ2) is 5.96. The molecule has 24 heavy (non-hydrogen) atoms. The molecule has 4 nitrogen and oxygen atoms in total. The lowest BCUT2D eigenvalue weighted by Crippen LogP contribution is -2.25. The van der Waals surface area contributed by atoms with Gasteiger partial charge in [0.25, 0.3) is 5.91 Å². The highest BCUT2D eigenvalue weighted by molar-refractivity contribution is 6.00. The maximum atomic E-state index is 12.6. The normalized spacial score (nSPS) is 13.7. The molecule has 0 atom stereocenters. The molecule has 1 heterocycles. The molecule has 4 heteroatoms. The Kier molecular flexibility index (Phi) is 3.65. The summed E-state index contributed by atoms with van der Waals surface area (Å²) in [5.41, 5.74) is 4.42. The molecule has 0 radical (unpaired) electrons. The van der Waals surface area contributed by atoms with Gasteiger partial charge in [0.05, 0.1) is 11.3 Å². The number of rotatable bonds is 4. The number of benzene rings is 2. The lowest BCUT2D eigenvalue weighted by molar-refractivity contribution is 0.0951. The molecule has 120 valence electrons. The Bertz CT molecular complexity index is 862. The first-order valence-electron chi connectivity index (χ1n) is 8.24. The second-order valence-corrected chi connectivity index (χ2v) is 6.29. The Morgan fingerprint density at radius 2 is 1.79 bits per heavy atom. The van der Waals surface area contributed by atoms with Crippen molar-refractivity contribution in [3.63, 3.8) is 0 Å². The summed E-state index contributed by atoms with van der Waals surface area (Å²) in [5, 5.41) is 7.75. The van der Waals surface area contributed by atoms with Crippen molar-refractivity contribution in [1.82, 2.24) is 15.1 Å². The molecule has 1 saturated carbocycles. The van der Waals surface area contributed by atoms with Gasteiger partial charge in [0.1, 0.15) is 5.69 Å². The molecule has 0 unspecified atom stereocenters. The number of aromatic nitrogens is 2. The molecule has 3 aromatic rings. The number of nitrogens with zero attached hydrogens (tertiary/aromatic N) is 2. The minimum atomic E-state index is -0.0461. The van der Waals surface area contributed by atoms with Crippen LogP contribution in [0.25, 0.3) is 16.9 Å². The van der Waals surface area contributed by atoms with Crippen molar-refractivity contribution >= 4 is 5.91 Å². The fourth-order valence-electron chi connectivity index (χ4n) is 2.67. The largest absolute Gasteiger partial charge is 0.349 e. The van der Waals surface area contributed by atoms with Gasteiger partial charge in [0, 0.05) is 17.8 Å². The van der Waals surface area contributed by atoms with Crippen molar-refractivity contribution in [3.05, 3.63) is 71.9 Å². The molecular formula is C20H19N3O. The van der Waals surface area contributed by atoms with Gasteiger partial charge in [-0.15, -0.1) is 0 Å². The van der Waals surface area contributed by atoms with Gasteiger partial charge in [-0.25, -0.2) is 4.68 Å². The summed E-state index contributed by atoms with van der Waals surface area (Å²) in [6.45, 7) is 2.05. The number of para-hydroxylation sites is 1. The number of carbonyl (C=O) groups is 1.